The first-order chi connectivity index (χ1) is 5.79. The summed E-state index contributed by atoms with van der Waals surface area (Å²) in [6, 6.07) is 2.41. The Balaban J connectivity index is 2.03. The molecule has 2 atom stereocenters. The highest BCUT2D eigenvalue weighted by Gasteiger charge is 2.32. The van der Waals surface area contributed by atoms with Crippen LogP contribution in [0.3, 0.4) is 0 Å². The highest BCUT2D eigenvalue weighted by atomic mass is 32.1. The van der Waals surface area contributed by atoms with E-state index in [1.165, 1.54) is 18.4 Å². The van der Waals surface area contributed by atoms with Crippen molar-refractivity contribution in [3.8, 4) is 0 Å². The Hall–Kier alpha value is -0.340. The normalized spacial score (nSPS) is 22.2. The molecule has 66 valence electrons. The lowest BCUT2D eigenvalue weighted by Gasteiger charge is -2.18. The quantitative estimate of drug-likeness (QED) is 0.762. The molecule has 0 saturated heterocycles. The summed E-state index contributed by atoms with van der Waals surface area (Å²) in [6.07, 6.45) is 2.78. The molecule has 1 aromatic heterocycles. The van der Waals surface area contributed by atoms with Gasteiger partial charge in [-0.05, 0) is 47.1 Å². The molecule has 1 fully saturated rings. The van der Waals surface area contributed by atoms with Crippen molar-refractivity contribution in [3.63, 3.8) is 0 Å². The van der Waals surface area contributed by atoms with Gasteiger partial charge in [0, 0.05) is 6.04 Å². The molecule has 1 heterocycles. The third kappa shape index (κ3) is 1.54. The summed E-state index contributed by atoms with van der Waals surface area (Å²) >= 11 is 1.74. The van der Waals surface area contributed by atoms with Gasteiger partial charge < -0.3 is 5.73 Å². The van der Waals surface area contributed by atoms with Crippen LogP contribution in [0.15, 0.2) is 16.8 Å². The summed E-state index contributed by atoms with van der Waals surface area (Å²) in [5.41, 5.74) is 7.45. The van der Waals surface area contributed by atoms with E-state index < -0.39 is 0 Å². The summed E-state index contributed by atoms with van der Waals surface area (Å²) in [5.74, 6) is 1.57. The monoisotopic (exact) mass is 181 g/mol. The maximum absolute atomic E-state index is 6.13. The fourth-order valence-corrected chi connectivity index (χ4v) is 2.39. The number of hydrogen-bond acceptors (Lipinski definition) is 2. The predicted octanol–water partition coefficient (Wildman–Crippen LogP) is 2.79. The van der Waals surface area contributed by atoms with Crippen LogP contribution in [0.25, 0.3) is 0 Å². The van der Waals surface area contributed by atoms with Crippen LogP contribution in [0, 0.1) is 11.8 Å². The summed E-state index contributed by atoms with van der Waals surface area (Å²) in [7, 11) is 0. The van der Waals surface area contributed by atoms with Gasteiger partial charge in [-0.25, -0.2) is 0 Å². The van der Waals surface area contributed by atoms with E-state index in [0.29, 0.717) is 5.92 Å². The maximum atomic E-state index is 6.13. The van der Waals surface area contributed by atoms with E-state index in [4.69, 9.17) is 5.73 Å². The molecule has 2 N–H and O–H groups in total. The van der Waals surface area contributed by atoms with Gasteiger partial charge in [-0.1, -0.05) is 6.92 Å². The average molecular weight is 181 g/mol. The molecule has 2 heteroatoms. The number of rotatable bonds is 3. The van der Waals surface area contributed by atoms with Crippen molar-refractivity contribution in [1.82, 2.24) is 0 Å². The van der Waals surface area contributed by atoms with Crippen molar-refractivity contribution in [3.05, 3.63) is 22.4 Å². The van der Waals surface area contributed by atoms with Crippen molar-refractivity contribution >= 4 is 11.3 Å². The molecule has 0 spiro atoms. The highest BCUT2D eigenvalue weighted by Crippen LogP contribution is 2.41. The van der Waals surface area contributed by atoms with Crippen molar-refractivity contribution < 1.29 is 0 Å². The first-order valence-corrected chi connectivity index (χ1v) is 5.51. The zero-order valence-corrected chi connectivity index (χ0v) is 8.18. The Labute approximate surface area is 77.6 Å². The van der Waals surface area contributed by atoms with Gasteiger partial charge in [-0.3, -0.25) is 0 Å². The molecule has 2 rings (SSSR count). The molecule has 0 aliphatic heterocycles. The summed E-state index contributed by atoms with van der Waals surface area (Å²) in [4.78, 5) is 0. The smallest absolute Gasteiger partial charge is 0.0331 e. The van der Waals surface area contributed by atoms with E-state index in [1.807, 2.05) is 0 Å². The standard InChI is InChI=1S/C10H15NS/c1-7(8-2-3-8)10(11)9-4-5-12-6-9/h4-8,10H,2-3,11H2,1H3. The van der Waals surface area contributed by atoms with Crippen molar-refractivity contribution in [2.75, 3.05) is 0 Å². The van der Waals surface area contributed by atoms with E-state index in [9.17, 15) is 0 Å². The van der Waals surface area contributed by atoms with Gasteiger partial charge in [0.05, 0.1) is 0 Å². The number of thiophene rings is 1. The van der Waals surface area contributed by atoms with E-state index >= 15 is 0 Å². The van der Waals surface area contributed by atoms with Gasteiger partial charge in [-0.2, -0.15) is 11.3 Å². The molecule has 2 unspecified atom stereocenters. The Morgan fingerprint density at radius 2 is 2.33 bits per heavy atom. The molecule has 0 aromatic carbocycles. The molecule has 1 saturated carbocycles. The third-order valence-corrected chi connectivity index (χ3v) is 3.56. The fraction of sp³-hybridized carbons (Fsp3) is 0.600. The molecular formula is C10H15NS. The van der Waals surface area contributed by atoms with Crippen molar-refractivity contribution in [1.29, 1.82) is 0 Å². The van der Waals surface area contributed by atoms with Gasteiger partial charge in [-0.15, -0.1) is 0 Å². The first kappa shape index (κ1) is 8.27. The molecule has 0 bridgehead atoms. The molecule has 1 aliphatic rings. The molecular weight excluding hydrogens is 166 g/mol. The topological polar surface area (TPSA) is 26.0 Å². The van der Waals surface area contributed by atoms with Crippen LogP contribution >= 0.6 is 11.3 Å². The molecule has 1 nitrogen and oxygen atoms in total. The van der Waals surface area contributed by atoms with Crippen LogP contribution in [0.5, 0.6) is 0 Å². The molecule has 0 radical (unpaired) electrons. The molecule has 12 heavy (non-hydrogen) atoms. The Morgan fingerprint density at radius 1 is 1.58 bits per heavy atom. The Kier molecular flexibility index (Phi) is 2.20. The van der Waals surface area contributed by atoms with Crippen LogP contribution in [0.4, 0.5) is 0 Å². The summed E-state index contributed by atoms with van der Waals surface area (Å²) in [6.45, 7) is 2.28. The van der Waals surface area contributed by atoms with Crippen LogP contribution in [0.1, 0.15) is 31.4 Å². The zero-order chi connectivity index (χ0) is 8.55. The van der Waals surface area contributed by atoms with E-state index in [2.05, 4.69) is 23.8 Å². The van der Waals surface area contributed by atoms with Gasteiger partial charge in [0.15, 0.2) is 0 Å². The minimum absolute atomic E-state index is 0.267. The van der Waals surface area contributed by atoms with Gasteiger partial charge >= 0.3 is 0 Å². The minimum Gasteiger partial charge on any atom is -0.324 e. The summed E-state index contributed by atoms with van der Waals surface area (Å²) < 4.78 is 0. The Bertz CT molecular complexity index is 238. The third-order valence-electron chi connectivity index (χ3n) is 2.86. The minimum atomic E-state index is 0.267. The maximum Gasteiger partial charge on any atom is 0.0331 e. The SMILES string of the molecule is CC(C1CC1)C(N)c1ccsc1. The van der Waals surface area contributed by atoms with Crippen LogP contribution < -0.4 is 5.73 Å². The summed E-state index contributed by atoms with van der Waals surface area (Å²) in [5, 5.41) is 4.28. The van der Waals surface area contributed by atoms with Crippen LogP contribution in [-0.2, 0) is 0 Å². The van der Waals surface area contributed by atoms with E-state index in [1.54, 1.807) is 11.3 Å². The highest BCUT2D eigenvalue weighted by molar-refractivity contribution is 7.07. The lowest BCUT2D eigenvalue weighted by molar-refractivity contribution is 0.418. The van der Waals surface area contributed by atoms with Crippen molar-refractivity contribution in [2.45, 2.75) is 25.8 Å². The number of nitrogens with two attached hydrogens (primary N) is 1. The average Bonchev–Trinajstić information content (AvgIpc) is 2.79. The van der Waals surface area contributed by atoms with Crippen molar-refractivity contribution in [2.24, 2.45) is 17.6 Å². The predicted molar refractivity (Wildman–Crippen MR) is 53.1 cm³/mol. The lowest BCUT2D eigenvalue weighted by atomic mass is 9.93. The number of hydrogen-bond donors (Lipinski definition) is 1. The lowest BCUT2D eigenvalue weighted by Crippen LogP contribution is -2.19. The Morgan fingerprint density at radius 3 is 2.83 bits per heavy atom. The van der Waals surface area contributed by atoms with Crippen LogP contribution in [-0.4, -0.2) is 0 Å². The second-order valence-corrected chi connectivity index (χ2v) is 4.56. The van der Waals surface area contributed by atoms with Gasteiger partial charge in [0.2, 0.25) is 0 Å². The van der Waals surface area contributed by atoms with Crippen LogP contribution in [0.2, 0.25) is 0 Å². The van der Waals surface area contributed by atoms with Gasteiger partial charge in [0.1, 0.15) is 0 Å². The van der Waals surface area contributed by atoms with E-state index in [-0.39, 0.29) is 6.04 Å². The van der Waals surface area contributed by atoms with Gasteiger partial charge in [0.25, 0.3) is 0 Å². The zero-order valence-electron chi connectivity index (χ0n) is 7.36. The second kappa shape index (κ2) is 3.19. The fourth-order valence-electron chi connectivity index (χ4n) is 1.68. The first-order valence-electron chi connectivity index (χ1n) is 4.56. The second-order valence-electron chi connectivity index (χ2n) is 3.78. The molecule has 1 aromatic rings. The molecule has 0 amide bonds. The van der Waals surface area contributed by atoms with E-state index in [0.717, 1.165) is 5.92 Å². The largest absolute Gasteiger partial charge is 0.324 e. The molecule has 1 aliphatic carbocycles.